The van der Waals surface area contributed by atoms with Crippen LogP contribution in [-0.4, -0.2) is 19.0 Å². The second kappa shape index (κ2) is 7.90. The van der Waals surface area contributed by atoms with Gasteiger partial charge in [-0.3, -0.25) is 4.79 Å². The van der Waals surface area contributed by atoms with Crippen LogP contribution in [0.5, 0.6) is 0 Å². The van der Waals surface area contributed by atoms with Gasteiger partial charge >= 0.3 is 0 Å². The van der Waals surface area contributed by atoms with Crippen LogP contribution < -0.4 is 10.6 Å². The Bertz CT molecular complexity index is 741. The number of halogens is 2. The van der Waals surface area contributed by atoms with E-state index in [1.807, 2.05) is 6.07 Å². The zero-order chi connectivity index (χ0) is 16.7. The molecule has 6 heteroatoms. The van der Waals surface area contributed by atoms with Crippen LogP contribution in [0.25, 0.3) is 0 Å². The number of carbonyl (C=O) groups excluding carboxylic acids is 1. The van der Waals surface area contributed by atoms with Crippen LogP contribution in [-0.2, 0) is 0 Å². The number of nitrogens with one attached hydrogen (secondary N) is 2. The SMILES string of the molecule is N#Cc1cc(F)ccc1NCCCNC(=O)c1cccc(F)c1. The van der Waals surface area contributed by atoms with Crippen molar-refractivity contribution >= 4 is 11.6 Å². The monoisotopic (exact) mass is 315 g/mol. The van der Waals surface area contributed by atoms with Crippen molar-refractivity contribution in [3.05, 3.63) is 65.2 Å². The fraction of sp³-hybridized carbons (Fsp3) is 0.176. The number of nitriles is 1. The summed E-state index contributed by atoms with van der Waals surface area (Å²) in [7, 11) is 0. The van der Waals surface area contributed by atoms with Gasteiger partial charge in [0, 0.05) is 18.7 Å². The quantitative estimate of drug-likeness (QED) is 0.805. The fourth-order valence-electron chi connectivity index (χ4n) is 2.01. The summed E-state index contributed by atoms with van der Waals surface area (Å²) in [6.07, 6.45) is 0.600. The molecule has 0 aliphatic heterocycles. The number of carbonyl (C=O) groups is 1. The Morgan fingerprint density at radius 1 is 1.09 bits per heavy atom. The molecule has 0 unspecified atom stereocenters. The summed E-state index contributed by atoms with van der Waals surface area (Å²) in [4.78, 5) is 11.8. The van der Waals surface area contributed by atoms with Crippen LogP contribution in [0.1, 0.15) is 22.3 Å². The predicted octanol–water partition coefficient (Wildman–Crippen LogP) is 3.07. The Morgan fingerprint density at radius 2 is 1.87 bits per heavy atom. The van der Waals surface area contributed by atoms with Crippen LogP contribution in [0.4, 0.5) is 14.5 Å². The molecule has 0 radical (unpaired) electrons. The van der Waals surface area contributed by atoms with Crippen molar-refractivity contribution < 1.29 is 13.6 Å². The average Bonchev–Trinajstić information content (AvgIpc) is 2.55. The van der Waals surface area contributed by atoms with E-state index in [0.29, 0.717) is 25.2 Å². The van der Waals surface area contributed by atoms with Gasteiger partial charge in [0.05, 0.1) is 11.3 Å². The molecule has 2 N–H and O–H groups in total. The van der Waals surface area contributed by atoms with Gasteiger partial charge in [-0.25, -0.2) is 8.78 Å². The lowest BCUT2D eigenvalue weighted by Crippen LogP contribution is -2.25. The first kappa shape index (κ1) is 16.4. The molecule has 0 fully saturated rings. The first-order chi connectivity index (χ1) is 11.1. The van der Waals surface area contributed by atoms with Gasteiger partial charge in [0.25, 0.3) is 5.91 Å². The van der Waals surface area contributed by atoms with Crippen molar-refractivity contribution in [1.82, 2.24) is 5.32 Å². The largest absolute Gasteiger partial charge is 0.384 e. The highest BCUT2D eigenvalue weighted by Crippen LogP contribution is 2.15. The minimum Gasteiger partial charge on any atom is -0.384 e. The topological polar surface area (TPSA) is 64.9 Å². The minimum atomic E-state index is -0.463. The van der Waals surface area contributed by atoms with E-state index >= 15 is 0 Å². The number of hydrogen-bond acceptors (Lipinski definition) is 3. The second-order valence-electron chi connectivity index (χ2n) is 4.85. The van der Waals surface area contributed by atoms with E-state index in [-0.39, 0.29) is 17.0 Å². The second-order valence-corrected chi connectivity index (χ2v) is 4.85. The molecule has 4 nitrogen and oxygen atoms in total. The standard InChI is InChI=1S/C17H15F2N3O/c18-14-4-1-3-12(9-14)17(23)22-8-2-7-21-16-6-5-15(19)10-13(16)11-20/h1,3-6,9-10,21H,2,7-8H2,(H,22,23). The molecule has 0 saturated carbocycles. The molecular weight excluding hydrogens is 300 g/mol. The summed E-state index contributed by atoms with van der Waals surface area (Å²) in [5.41, 5.74) is 1.04. The Balaban J connectivity index is 1.76. The van der Waals surface area contributed by atoms with Crippen LogP contribution >= 0.6 is 0 Å². The fourth-order valence-corrected chi connectivity index (χ4v) is 2.01. The minimum absolute atomic E-state index is 0.230. The lowest BCUT2D eigenvalue weighted by atomic mass is 10.2. The lowest BCUT2D eigenvalue weighted by molar-refractivity contribution is 0.0953. The highest BCUT2D eigenvalue weighted by atomic mass is 19.1. The number of anilines is 1. The molecule has 0 saturated heterocycles. The maximum Gasteiger partial charge on any atom is 0.251 e. The smallest absolute Gasteiger partial charge is 0.251 e. The molecule has 0 aromatic heterocycles. The lowest BCUT2D eigenvalue weighted by Gasteiger charge is -2.09. The van der Waals surface area contributed by atoms with E-state index in [1.54, 1.807) is 0 Å². The first-order valence-corrected chi connectivity index (χ1v) is 7.07. The molecule has 0 atom stereocenters. The van der Waals surface area contributed by atoms with Crippen LogP contribution in [0, 0.1) is 23.0 Å². The number of hydrogen-bond donors (Lipinski definition) is 2. The van der Waals surface area contributed by atoms with Gasteiger partial charge in [0.1, 0.15) is 17.7 Å². The molecule has 23 heavy (non-hydrogen) atoms. The zero-order valence-electron chi connectivity index (χ0n) is 12.3. The van der Waals surface area contributed by atoms with E-state index in [0.717, 1.165) is 6.07 Å². The Morgan fingerprint density at radius 3 is 2.61 bits per heavy atom. The Labute approximate surface area is 132 Å². The van der Waals surface area contributed by atoms with Crippen LogP contribution in [0.3, 0.4) is 0 Å². The summed E-state index contributed by atoms with van der Waals surface area (Å²) in [5.74, 6) is -1.27. The molecule has 0 heterocycles. The summed E-state index contributed by atoms with van der Waals surface area (Å²) < 4.78 is 26.0. The molecule has 118 valence electrons. The van der Waals surface area contributed by atoms with Gasteiger partial charge in [-0.15, -0.1) is 0 Å². The third-order valence-corrected chi connectivity index (χ3v) is 3.14. The zero-order valence-corrected chi connectivity index (χ0v) is 12.3. The van der Waals surface area contributed by atoms with E-state index in [9.17, 15) is 13.6 Å². The van der Waals surface area contributed by atoms with Crippen molar-refractivity contribution in [3.8, 4) is 6.07 Å². The number of benzene rings is 2. The van der Waals surface area contributed by atoms with E-state index in [4.69, 9.17) is 5.26 Å². The Hall–Kier alpha value is -2.94. The molecule has 0 bridgehead atoms. The summed E-state index contributed by atoms with van der Waals surface area (Å²) >= 11 is 0. The third kappa shape index (κ3) is 4.78. The van der Waals surface area contributed by atoms with Crippen molar-refractivity contribution in [2.24, 2.45) is 0 Å². The van der Waals surface area contributed by atoms with Gasteiger partial charge in [-0.1, -0.05) is 6.07 Å². The molecule has 0 aliphatic carbocycles. The molecule has 1 amide bonds. The van der Waals surface area contributed by atoms with Gasteiger partial charge in [0.2, 0.25) is 0 Å². The molecule has 0 spiro atoms. The van der Waals surface area contributed by atoms with Crippen molar-refractivity contribution in [3.63, 3.8) is 0 Å². The van der Waals surface area contributed by atoms with Crippen molar-refractivity contribution in [2.75, 3.05) is 18.4 Å². The normalized spacial score (nSPS) is 9.96. The van der Waals surface area contributed by atoms with Crippen molar-refractivity contribution in [2.45, 2.75) is 6.42 Å². The van der Waals surface area contributed by atoms with Gasteiger partial charge in [-0.05, 0) is 42.8 Å². The first-order valence-electron chi connectivity index (χ1n) is 7.07. The van der Waals surface area contributed by atoms with E-state index < -0.39 is 11.6 Å². The van der Waals surface area contributed by atoms with E-state index in [2.05, 4.69) is 10.6 Å². The highest BCUT2D eigenvalue weighted by molar-refractivity contribution is 5.94. The molecule has 2 rings (SSSR count). The summed E-state index contributed by atoms with van der Waals surface area (Å²) in [5, 5.41) is 14.6. The Kier molecular flexibility index (Phi) is 5.64. The van der Waals surface area contributed by atoms with Gasteiger partial charge < -0.3 is 10.6 Å². The van der Waals surface area contributed by atoms with Crippen LogP contribution in [0.2, 0.25) is 0 Å². The summed E-state index contributed by atoms with van der Waals surface area (Å²) in [6.45, 7) is 0.898. The maximum atomic E-state index is 13.0. The predicted molar refractivity (Wildman–Crippen MR) is 83.0 cm³/mol. The highest BCUT2D eigenvalue weighted by Gasteiger charge is 2.06. The van der Waals surface area contributed by atoms with E-state index in [1.165, 1.54) is 36.4 Å². The maximum absolute atomic E-state index is 13.0. The number of nitrogens with zero attached hydrogens (tertiary/aromatic N) is 1. The average molecular weight is 315 g/mol. The third-order valence-electron chi connectivity index (χ3n) is 3.14. The summed E-state index contributed by atoms with van der Waals surface area (Å²) in [6, 6.07) is 11.3. The molecule has 2 aromatic rings. The van der Waals surface area contributed by atoms with Gasteiger partial charge in [-0.2, -0.15) is 5.26 Å². The van der Waals surface area contributed by atoms with Crippen LogP contribution in [0.15, 0.2) is 42.5 Å². The molecule has 0 aliphatic rings. The number of rotatable bonds is 6. The molecular formula is C17H15F2N3O. The van der Waals surface area contributed by atoms with Gasteiger partial charge in [0.15, 0.2) is 0 Å². The molecule has 2 aromatic carbocycles. The van der Waals surface area contributed by atoms with Crippen molar-refractivity contribution in [1.29, 1.82) is 5.26 Å². The number of amides is 1.